The van der Waals surface area contributed by atoms with Crippen molar-refractivity contribution in [1.29, 1.82) is 5.26 Å². The van der Waals surface area contributed by atoms with Crippen LogP contribution < -0.4 is 5.32 Å². The van der Waals surface area contributed by atoms with Crippen LogP contribution in [0.4, 0.5) is 15.9 Å². The first-order chi connectivity index (χ1) is 15.6. The fraction of sp³-hybridized carbons (Fsp3) is 0.0769. The van der Waals surface area contributed by atoms with E-state index in [-0.39, 0.29) is 5.82 Å². The molecule has 6 heteroatoms. The summed E-state index contributed by atoms with van der Waals surface area (Å²) < 4.78 is 15.2. The predicted octanol–water partition coefficient (Wildman–Crippen LogP) is 6.16. The lowest BCUT2D eigenvalue weighted by atomic mass is 10.0. The van der Waals surface area contributed by atoms with Crippen molar-refractivity contribution in [2.45, 2.75) is 6.92 Å². The van der Waals surface area contributed by atoms with E-state index < -0.39 is 5.82 Å². The number of hydrogen-bond acceptors (Lipinski definition) is 5. The quantitative estimate of drug-likeness (QED) is 0.379. The second-order valence-electron chi connectivity index (χ2n) is 7.32. The first kappa shape index (κ1) is 20.9. The molecule has 1 N–H and O–H groups in total. The van der Waals surface area contributed by atoms with Crippen LogP contribution >= 0.6 is 0 Å². The van der Waals surface area contributed by atoms with Crippen LogP contribution in [0.25, 0.3) is 28.1 Å². The van der Waals surface area contributed by atoms with Gasteiger partial charge in [0.05, 0.1) is 22.8 Å². The number of aliphatic imine (C=N–C) groups is 1. The summed E-state index contributed by atoms with van der Waals surface area (Å²) in [6.07, 6.45) is 5.25. The van der Waals surface area contributed by atoms with Crippen LogP contribution in [-0.2, 0) is 0 Å². The molecule has 0 atom stereocenters. The van der Waals surface area contributed by atoms with Crippen molar-refractivity contribution < 1.29 is 4.39 Å². The van der Waals surface area contributed by atoms with Crippen molar-refractivity contribution in [1.82, 2.24) is 9.97 Å². The maximum atomic E-state index is 15.2. The summed E-state index contributed by atoms with van der Waals surface area (Å²) in [5.41, 5.74) is 5.03. The minimum absolute atomic E-state index is 0.184. The Morgan fingerprint density at radius 1 is 1.16 bits per heavy atom. The third-order valence-corrected chi connectivity index (χ3v) is 5.07. The smallest absolute Gasteiger partial charge is 0.173 e. The monoisotopic (exact) mass is 421 g/mol. The SMILES string of the molecule is C=Nc1cc(C#N)ccc1/C=C(\C)CNc1nccc(-c2ccc3ncccc3c2)c1F. The number of fused-ring (bicyclic) bond motifs is 1. The summed E-state index contributed by atoms with van der Waals surface area (Å²) in [6.45, 7) is 5.89. The van der Waals surface area contributed by atoms with Gasteiger partial charge in [-0.1, -0.05) is 29.8 Å². The van der Waals surface area contributed by atoms with Crippen LogP contribution in [0.5, 0.6) is 0 Å². The summed E-state index contributed by atoms with van der Waals surface area (Å²) in [4.78, 5) is 12.5. The lowest BCUT2D eigenvalue weighted by molar-refractivity contribution is 0.628. The second kappa shape index (κ2) is 9.19. The summed E-state index contributed by atoms with van der Waals surface area (Å²) in [7, 11) is 0. The molecule has 0 bridgehead atoms. The Morgan fingerprint density at radius 2 is 2.03 bits per heavy atom. The molecule has 4 aromatic rings. The molecule has 0 fully saturated rings. The van der Waals surface area contributed by atoms with Gasteiger partial charge < -0.3 is 5.32 Å². The number of hydrogen-bond donors (Lipinski definition) is 1. The van der Waals surface area contributed by atoms with E-state index in [9.17, 15) is 0 Å². The summed E-state index contributed by atoms with van der Waals surface area (Å²) >= 11 is 0. The van der Waals surface area contributed by atoms with Crippen molar-refractivity contribution in [3.8, 4) is 17.2 Å². The van der Waals surface area contributed by atoms with E-state index in [0.717, 1.165) is 27.6 Å². The molecule has 0 aliphatic heterocycles. The highest BCUT2D eigenvalue weighted by atomic mass is 19.1. The van der Waals surface area contributed by atoms with Crippen molar-refractivity contribution in [2.75, 3.05) is 11.9 Å². The number of anilines is 1. The van der Waals surface area contributed by atoms with E-state index in [4.69, 9.17) is 5.26 Å². The molecule has 0 saturated heterocycles. The minimum atomic E-state index is -0.407. The number of pyridine rings is 2. The molecule has 0 saturated carbocycles. The van der Waals surface area contributed by atoms with Gasteiger partial charge in [-0.15, -0.1) is 0 Å². The van der Waals surface area contributed by atoms with Gasteiger partial charge in [-0.3, -0.25) is 9.98 Å². The Bertz CT molecular complexity index is 1380. The topological polar surface area (TPSA) is 74.0 Å². The zero-order chi connectivity index (χ0) is 22.5. The van der Waals surface area contributed by atoms with Gasteiger partial charge >= 0.3 is 0 Å². The molecule has 0 aliphatic rings. The maximum absolute atomic E-state index is 15.2. The maximum Gasteiger partial charge on any atom is 0.173 e. The van der Waals surface area contributed by atoms with E-state index in [1.54, 1.807) is 30.6 Å². The predicted molar refractivity (Wildman–Crippen MR) is 127 cm³/mol. The number of nitrogens with one attached hydrogen (secondary N) is 1. The van der Waals surface area contributed by atoms with E-state index in [1.807, 2.05) is 49.4 Å². The largest absolute Gasteiger partial charge is 0.364 e. The lowest BCUT2D eigenvalue weighted by Crippen LogP contribution is -2.07. The molecule has 0 radical (unpaired) electrons. The van der Waals surface area contributed by atoms with Gasteiger partial charge in [0.1, 0.15) is 0 Å². The highest BCUT2D eigenvalue weighted by Crippen LogP contribution is 2.29. The van der Waals surface area contributed by atoms with Gasteiger partial charge in [0.25, 0.3) is 0 Å². The molecular weight excluding hydrogens is 401 g/mol. The molecule has 2 aromatic heterocycles. The Morgan fingerprint density at radius 3 is 2.84 bits per heavy atom. The van der Waals surface area contributed by atoms with Gasteiger partial charge in [-0.05, 0) is 55.6 Å². The van der Waals surface area contributed by atoms with Gasteiger partial charge in [-0.2, -0.15) is 5.26 Å². The van der Waals surface area contributed by atoms with E-state index in [0.29, 0.717) is 23.4 Å². The van der Waals surface area contributed by atoms with E-state index in [1.165, 1.54) is 0 Å². The summed E-state index contributed by atoms with van der Waals surface area (Å²) in [6, 6.07) is 18.5. The normalized spacial score (nSPS) is 11.2. The Balaban J connectivity index is 1.56. The van der Waals surface area contributed by atoms with E-state index in [2.05, 4.69) is 33.1 Å². The van der Waals surface area contributed by atoms with Gasteiger partial charge in [0.2, 0.25) is 0 Å². The molecule has 0 amide bonds. The first-order valence-electron chi connectivity index (χ1n) is 10.0. The zero-order valence-electron chi connectivity index (χ0n) is 17.5. The fourth-order valence-electron chi connectivity index (χ4n) is 3.44. The Labute approximate surface area is 185 Å². The van der Waals surface area contributed by atoms with E-state index >= 15 is 4.39 Å². The molecule has 2 heterocycles. The van der Waals surface area contributed by atoms with Crippen LogP contribution in [0, 0.1) is 17.1 Å². The standard InChI is InChI=1S/C26H20FN5/c1-17(12-21-6-5-18(15-28)13-24(21)29-2)16-32-26-25(27)22(9-11-31-26)19-7-8-23-20(14-19)4-3-10-30-23/h3-14H,2,16H2,1H3,(H,31,32)/b17-12+. The van der Waals surface area contributed by atoms with Crippen LogP contribution in [0.1, 0.15) is 18.1 Å². The van der Waals surface area contributed by atoms with Gasteiger partial charge in [0.15, 0.2) is 11.6 Å². The Kier molecular flexibility index (Phi) is 6.00. The molecule has 0 unspecified atom stereocenters. The molecule has 2 aromatic carbocycles. The number of nitriles is 1. The molecule has 5 nitrogen and oxygen atoms in total. The van der Waals surface area contributed by atoms with Crippen LogP contribution in [0.3, 0.4) is 0 Å². The van der Waals surface area contributed by atoms with Crippen molar-refractivity contribution in [3.05, 3.63) is 89.5 Å². The van der Waals surface area contributed by atoms with Crippen molar-refractivity contribution in [3.63, 3.8) is 0 Å². The van der Waals surface area contributed by atoms with Crippen molar-refractivity contribution in [2.24, 2.45) is 4.99 Å². The number of halogens is 1. The molecule has 0 spiro atoms. The number of nitrogens with zero attached hydrogens (tertiary/aromatic N) is 4. The highest BCUT2D eigenvalue weighted by molar-refractivity contribution is 5.84. The molecule has 0 aliphatic carbocycles. The average Bonchev–Trinajstić information content (AvgIpc) is 2.83. The molecular formula is C26H20FN5. The summed E-state index contributed by atoms with van der Waals surface area (Å²) in [5.74, 6) is -0.223. The van der Waals surface area contributed by atoms with Gasteiger partial charge in [-0.25, -0.2) is 9.37 Å². The lowest BCUT2D eigenvalue weighted by Gasteiger charge is -2.11. The molecule has 4 rings (SSSR count). The first-order valence-corrected chi connectivity index (χ1v) is 10.0. The third-order valence-electron chi connectivity index (χ3n) is 5.07. The number of rotatable bonds is 6. The van der Waals surface area contributed by atoms with Crippen LogP contribution in [0.15, 0.2) is 77.6 Å². The zero-order valence-corrected chi connectivity index (χ0v) is 17.5. The van der Waals surface area contributed by atoms with Crippen LogP contribution in [-0.4, -0.2) is 23.2 Å². The highest BCUT2D eigenvalue weighted by Gasteiger charge is 2.12. The third kappa shape index (κ3) is 4.37. The average molecular weight is 421 g/mol. The van der Waals surface area contributed by atoms with Gasteiger partial charge in [0, 0.05) is 35.5 Å². The Hall–Kier alpha value is -4.37. The van der Waals surface area contributed by atoms with Crippen molar-refractivity contribution >= 4 is 35.2 Å². The fourth-order valence-corrected chi connectivity index (χ4v) is 3.44. The summed E-state index contributed by atoms with van der Waals surface area (Å²) in [5, 5.41) is 13.1. The number of aromatic nitrogens is 2. The number of benzene rings is 2. The van der Waals surface area contributed by atoms with Crippen LogP contribution in [0.2, 0.25) is 0 Å². The molecule has 156 valence electrons. The molecule has 32 heavy (non-hydrogen) atoms. The second-order valence-corrected chi connectivity index (χ2v) is 7.32. The minimum Gasteiger partial charge on any atom is -0.364 e.